The zero-order chi connectivity index (χ0) is 14.1. The van der Waals surface area contributed by atoms with Crippen molar-refractivity contribution in [2.24, 2.45) is 0 Å². The number of nitrogens with two attached hydrogens (primary N) is 1. The van der Waals surface area contributed by atoms with Crippen LogP contribution < -0.4 is 17.7 Å². The Bertz CT molecular complexity index is 869. The van der Waals surface area contributed by atoms with Crippen LogP contribution in [0.3, 0.4) is 0 Å². The first-order valence-corrected chi connectivity index (χ1v) is 6.95. The van der Waals surface area contributed by atoms with Crippen molar-refractivity contribution in [2.45, 2.75) is 0 Å². The number of aromatic nitrogens is 2. The molecule has 0 aliphatic rings. The fourth-order valence-electron chi connectivity index (χ4n) is 2.64. The molecule has 2 N–H and O–H groups in total. The minimum absolute atomic E-state index is 0. The van der Waals surface area contributed by atoms with E-state index in [9.17, 15) is 0 Å². The quantitative estimate of drug-likeness (QED) is 0.542. The number of rotatable bonds is 2. The zero-order valence-corrected chi connectivity index (χ0v) is 12.5. The van der Waals surface area contributed by atoms with Crippen molar-refractivity contribution in [2.75, 3.05) is 0 Å². The monoisotopic (exact) mass is 307 g/mol. The molecule has 0 radical (unpaired) electrons. The van der Waals surface area contributed by atoms with Crippen molar-refractivity contribution < 1.29 is 17.7 Å². The predicted octanol–water partition coefficient (Wildman–Crippen LogP) is 0.314. The lowest BCUT2D eigenvalue weighted by Gasteiger charge is -2.07. The molecular weight excluding hydrogens is 294 g/mol. The van der Waals surface area contributed by atoms with Crippen LogP contribution in [0.15, 0.2) is 72.9 Å². The molecule has 22 heavy (non-hydrogen) atoms. The number of nitrogens with zero attached hydrogens (tertiary/aromatic N) is 2. The Morgan fingerprint density at radius 2 is 1.27 bits per heavy atom. The highest BCUT2D eigenvalue weighted by atomic mass is 35.5. The van der Waals surface area contributed by atoms with E-state index in [2.05, 4.69) is 46.7 Å². The first-order valence-electron chi connectivity index (χ1n) is 6.95. The topological polar surface area (TPSA) is 42.4 Å². The van der Waals surface area contributed by atoms with Gasteiger partial charge in [-0.2, -0.15) is 0 Å². The fourth-order valence-corrected chi connectivity index (χ4v) is 2.64. The number of halogens is 1. The van der Waals surface area contributed by atoms with Crippen LogP contribution in [-0.2, 0) is 0 Å². The third-order valence-electron chi connectivity index (χ3n) is 3.61. The van der Waals surface area contributed by atoms with Crippen molar-refractivity contribution in [1.82, 2.24) is 9.97 Å². The molecule has 0 unspecified atom stereocenters. The summed E-state index contributed by atoms with van der Waals surface area (Å²) in [4.78, 5) is 9.15. The van der Waals surface area contributed by atoms with E-state index in [0.29, 0.717) is 0 Å². The van der Waals surface area contributed by atoms with Gasteiger partial charge in [-0.25, -0.2) is 9.97 Å². The van der Waals surface area contributed by atoms with Crippen LogP contribution in [0.25, 0.3) is 21.8 Å². The summed E-state index contributed by atoms with van der Waals surface area (Å²) in [7, 11) is 0. The summed E-state index contributed by atoms with van der Waals surface area (Å²) < 4.78 is 0. The molecule has 3 nitrogen and oxygen atoms in total. The summed E-state index contributed by atoms with van der Waals surface area (Å²) in [6.07, 6.45) is 1.82. The van der Waals surface area contributed by atoms with Gasteiger partial charge in [-0.15, -0.1) is 0 Å². The van der Waals surface area contributed by atoms with Crippen molar-refractivity contribution in [3.8, 4) is 0 Å². The van der Waals surface area contributed by atoms with Gasteiger partial charge in [0, 0.05) is 12.3 Å². The van der Waals surface area contributed by atoms with Crippen LogP contribution in [0.5, 0.6) is 0 Å². The molecule has 0 bridgehead atoms. The van der Waals surface area contributed by atoms with Crippen LogP contribution in [0.1, 0.15) is 0 Å². The van der Waals surface area contributed by atoms with E-state index in [0.717, 1.165) is 27.6 Å². The molecule has 4 aromatic rings. The number of pyridine rings is 2. The van der Waals surface area contributed by atoms with E-state index >= 15 is 0 Å². The van der Waals surface area contributed by atoms with Gasteiger partial charge >= 0.3 is 0 Å². The highest BCUT2D eigenvalue weighted by molar-refractivity contribution is 6.03. The Kier molecular flexibility index (Phi) is 4.00. The molecule has 4 rings (SSSR count). The minimum Gasteiger partial charge on any atom is -1.00 e. The maximum Gasteiger partial charge on any atom is 0.229 e. The maximum atomic E-state index is 4.74. The molecule has 2 aromatic carbocycles. The van der Waals surface area contributed by atoms with E-state index < -0.39 is 0 Å². The van der Waals surface area contributed by atoms with Crippen molar-refractivity contribution in [3.63, 3.8) is 0 Å². The molecule has 0 saturated heterocycles. The summed E-state index contributed by atoms with van der Waals surface area (Å²) in [6, 6.07) is 22.4. The second-order valence-electron chi connectivity index (χ2n) is 4.96. The third kappa shape index (κ3) is 2.52. The van der Waals surface area contributed by atoms with Gasteiger partial charge in [-0.3, -0.25) is 5.32 Å². The molecule has 0 atom stereocenters. The average molecular weight is 308 g/mol. The smallest absolute Gasteiger partial charge is 0.229 e. The molecule has 0 saturated carbocycles. The number of fused-ring (bicyclic) bond motifs is 2. The van der Waals surface area contributed by atoms with Crippen molar-refractivity contribution in [3.05, 3.63) is 72.9 Å². The van der Waals surface area contributed by atoms with E-state index in [1.165, 1.54) is 5.69 Å². The molecule has 0 aliphatic heterocycles. The standard InChI is InChI=1S/C18H13N3.ClH/c1-3-9-15-13(7-1)18(21-17-11-5-6-12-19-17)14-8-2-4-10-16(14)20-15;/h1-12H,(H,19,20,21);1H. The molecule has 0 fully saturated rings. The maximum absolute atomic E-state index is 4.74. The number of benzene rings is 2. The highest BCUT2D eigenvalue weighted by Crippen LogP contribution is 2.27. The number of para-hydroxylation sites is 2. The summed E-state index contributed by atoms with van der Waals surface area (Å²) in [5, 5.41) is 4.44. The normalized spacial score (nSPS) is 10.5. The van der Waals surface area contributed by atoms with Crippen LogP contribution >= 0.6 is 0 Å². The zero-order valence-electron chi connectivity index (χ0n) is 11.8. The second-order valence-corrected chi connectivity index (χ2v) is 4.96. The van der Waals surface area contributed by atoms with Gasteiger partial charge in [-0.1, -0.05) is 30.3 Å². The highest BCUT2D eigenvalue weighted by Gasteiger charge is 2.13. The van der Waals surface area contributed by atoms with Gasteiger partial charge in [0.25, 0.3) is 0 Å². The Morgan fingerprint density at radius 1 is 0.682 bits per heavy atom. The first-order chi connectivity index (χ1) is 10.4. The van der Waals surface area contributed by atoms with Crippen LogP contribution in [0, 0.1) is 0 Å². The molecular formula is C18H14ClN3. The van der Waals surface area contributed by atoms with Crippen LogP contribution in [-0.4, -0.2) is 9.97 Å². The lowest BCUT2D eigenvalue weighted by molar-refractivity contribution is -0.479. The SMILES string of the molecule is [Cl-].c1ccc([NH2+]c2c3ccccc3nc3ccccc23)nc1. The van der Waals surface area contributed by atoms with E-state index in [1.54, 1.807) is 0 Å². The number of hydrogen-bond donors (Lipinski definition) is 1. The van der Waals surface area contributed by atoms with Crippen molar-refractivity contribution >= 4 is 33.3 Å². The van der Waals surface area contributed by atoms with Gasteiger partial charge < -0.3 is 12.4 Å². The van der Waals surface area contributed by atoms with Crippen LogP contribution in [0.4, 0.5) is 11.5 Å². The number of hydrogen-bond acceptors (Lipinski definition) is 2. The molecule has 0 aliphatic carbocycles. The van der Waals surface area contributed by atoms with Gasteiger partial charge in [0.2, 0.25) is 5.82 Å². The van der Waals surface area contributed by atoms with E-state index in [-0.39, 0.29) is 12.4 Å². The Morgan fingerprint density at radius 3 is 1.86 bits per heavy atom. The third-order valence-corrected chi connectivity index (χ3v) is 3.61. The van der Waals surface area contributed by atoms with Gasteiger partial charge in [-0.05, 0) is 30.3 Å². The lowest BCUT2D eigenvalue weighted by atomic mass is 10.1. The average Bonchev–Trinajstić information content (AvgIpc) is 2.55. The van der Waals surface area contributed by atoms with Gasteiger partial charge in [0.1, 0.15) is 0 Å². The molecule has 4 heteroatoms. The summed E-state index contributed by atoms with van der Waals surface area (Å²) in [6.45, 7) is 0. The molecule has 0 spiro atoms. The fraction of sp³-hybridized carbons (Fsp3) is 0. The van der Waals surface area contributed by atoms with E-state index in [4.69, 9.17) is 4.98 Å². The number of quaternary nitrogens is 1. The van der Waals surface area contributed by atoms with E-state index in [1.807, 2.05) is 36.5 Å². The summed E-state index contributed by atoms with van der Waals surface area (Å²) in [5.41, 5.74) is 3.20. The predicted molar refractivity (Wildman–Crippen MR) is 84.7 cm³/mol. The Labute approximate surface area is 134 Å². The van der Waals surface area contributed by atoms with Gasteiger partial charge in [0.05, 0.1) is 21.8 Å². The summed E-state index contributed by atoms with van der Waals surface area (Å²) >= 11 is 0. The summed E-state index contributed by atoms with van der Waals surface area (Å²) in [5.74, 6) is 0.957. The van der Waals surface area contributed by atoms with Gasteiger partial charge in [0.15, 0.2) is 5.69 Å². The molecule has 108 valence electrons. The Balaban J connectivity index is 0.00000144. The lowest BCUT2D eigenvalue weighted by Crippen LogP contribution is -3.00. The second kappa shape index (κ2) is 6.10. The minimum atomic E-state index is 0. The largest absolute Gasteiger partial charge is 1.00 e. The Hall–Kier alpha value is -2.49. The molecule has 0 amide bonds. The molecule has 2 aromatic heterocycles. The van der Waals surface area contributed by atoms with Crippen LogP contribution in [0.2, 0.25) is 0 Å². The van der Waals surface area contributed by atoms with Crippen molar-refractivity contribution in [1.29, 1.82) is 0 Å². The first kappa shape index (κ1) is 14.4. The molecule has 2 heterocycles.